The minimum atomic E-state index is -1.15. The zero-order valence-electron chi connectivity index (χ0n) is 28.8. The van der Waals surface area contributed by atoms with E-state index in [1.165, 1.54) is 0 Å². The molecule has 49 heavy (non-hydrogen) atoms. The van der Waals surface area contributed by atoms with E-state index in [0.717, 1.165) is 47.4 Å². The van der Waals surface area contributed by atoms with Crippen LogP contribution in [-0.2, 0) is 27.4 Å². The molecule has 3 aliphatic heterocycles. The number of carbonyl (C=O) groups is 2. The minimum Gasteiger partial charge on any atom is -0.496 e. The number of unbranched alkanes of at least 4 members (excludes halogenated alkanes) is 3. The number of aliphatic hydroxyl groups is 3. The smallest absolute Gasteiger partial charge is 0.374 e. The van der Waals surface area contributed by atoms with Crippen molar-refractivity contribution in [3.05, 3.63) is 68.4 Å². The van der Waals surface area contributed by atoms with Crippen LogP contribution in [0.2, 0.25) is 0 Å². The van der Waals surface area contributed by atoms with Gasteiger partial charge >= 0.3 is 5.97 Å². The maximum atomic E-state index is 13.8. The number of benzene rings is 2. The van der Waals surface area contributed by atoms with Gasteiger partial charge < -0.3 is 34.3 Å². The summed E-state index contributed by atoms with van der Waals surface area (Å²) >= 11 is 0. The fourth-order valence-corrected chi connectivity index (χ4v) is 7.67. The molecular weight excluding hydrogens is 626 g/mol. The van der Waals surface area contributed by atoms with Crippen molar-refractivity contribution in [3.63, 3.8) is 0 Å². The van der Waals surface area contributed by atoms with Crippen molar-refractivity contribution in [1.82, 2.24) is 0 Å². The van der Waals surface area contributed by atoms with E-state index in [4.69, 9.17) is 18.9 Å². The van der Waals surface area contributed by atoms with Gasteiger partial charge in [-0.25, -0.2) is 4.79 Å². The first-order valence-corrected chi connectivity index (χ1v) is 17.5. The van der Waals surface area contributed by atoms with Crippen molar-refractivity contribution in [2.75, 3.05) is 26.9 Å². The maximum Gasteiger partial charge on any atom is 0.374 e. The third-order valence-corrected chi connectivity index (χ3v) is 10.3. The lowest BCUT2D eigenvalue weighted by atomic mass is 9.72. The van der Waals surface area contributed by atoms with Gasteiger partial charge in [-0.1, -0.05) is 50.3 Å². The van der Waals surface area contributed by atoms with Crippen LogP contribution < -0.4 is 24.8 Å². The average Bonchev–Trinajstić information content (AvgIpc) is 3.77. The number of Topliss-reactive ketones (excluding diaryl/α,β-unsaturated/α-hetero) is 1. The molecule has 1 saturated carbocycles. The highest BCUT2D eigenvalue weighted by atomic mass is 16.6. The van der Waals surface area contributed by atoms with Gasteiger partial charge in [0, 0.05) is 23.8 Å². The standard InChI is InChI=1S/C39H47NO9/c1-5-7-8-9-13-39(3,45)32-19-28-35(49-32)29(21-42)37-33(36(28)46-4)26(18-31(48-37)38(44)47-6-2)24-16-25(20-41)34(43)27(17-24)22-10-11-30-23(15-22)12-14-40-30/h10-12,15,18,25,27,32,41-42,45H,5-9,13-14,16-17,19-21H2,1-4H3/t25-,27-,32+,39+/m1/s1. The Morgan fingerprint density at radius 3 is 2.63 bits per heavy atom. The molecule has 10 heteroatoms. The number of allylic oxidation sites excluding steroid dienone is 3. The van der Waals surface area contributed by atoms with Crippen molar-refractivity contribution >= 4 is 23.4 Å². The van der Waals surface area contributed by atoms with Gasteiger partial charge in [0.2, 0.25) is 5.76 Å². The van der Waals surface area contributed by atoms with Gasteiger partial charge in [-0.2, -0.15) is 0 Å². The lowest BCUT2D eigenvalue weighted by Crippen LogP contribution is -2.42. The molecule has 0 saturated heterocycles. The first-order valence-electron chi connectivity index (χ1n) is 17.5. The van der Waals surface area contributed by atoms with Crippen molar-refractivity contribution < 1.29 is 43.9 Å². The molecule has 2 aromatic carbocycles. The summed E-state index contributed by atoms with van der Waals surface area (Å²) in [4.78, 5) is 31.5. The summed E-state index contributed by atoms with van der Waals surface area (Å²) in [7, 11) is 1.55. The molecule has 2 aromatic rings. The van der Waals surface area contributed by atoms with Crippen molar-refractivity contribution in [2.45, 2.75) is 96.4 Å². The van der Waals surface area contributed by atoms with E-state index in [1.807, 2.05) is 24.3 Å². The van der Waals surface area contributed by atoms with Crippen LogP contribution in [0.5, 0.6) is 17.2 Å². The number of hydrogen-bond donors (Lipinski definition) is 3. The molecule has 3 N–H and O–H groups in total. The van der Waals surface area contributed by atoms with Crippen LogP contribution in [0, 0.1) is 5.92 Å². The lowest BCUT2D eigenvalue weighted by Gasteiger charge is -2.33. The molecule has 0 unspecified atom stereocenters. The Morgan fingerprint density at radius 1 is 1.10 bits per heavy atom. The number of ketones is 1. The molecule has 3 heterocycles. The van der Waals surface area contributed by atoms with Crippen LogP contribution in [0.15, 0.2) is 40.6 Å². The second-order valence-electron chi connectivity index (χ2n) is 13.6. The largest absolute Gasteiger partial charge is 0.496 e. The van der Waals surface area contributed by atoms with Gasteiger partial charge in [0.15, 0.2) is 0 Å². The molecule has 0 aromatic heterocycles. The first kappa shape index (κ1) is 34.9. The molecule has 0 radical (unpaired) electrons. The van der Waals surface area contributed by atoms with Gasteiger partial charge in [0.1, 0.15) is 29.1 Å². The molecule has 1 fully saturated rings. The molecule has 10 nitrogen and oxygen atoms in total. The molecular formula is C39H47NO9. The highest BCUT2D eigenvalue weighted by Gasteiger charge is 2.45. The summed E-state index contributed by atoms with van der Waals surface area (Å²) < 4.78 is 24.1. The van der Waals surface area contributed by atoms with Gasteiger partial charge in [0.05, 0.1) is 55.6 Å². The SMILES string of the molecule is CCCCCC[C@](C)(O)[C@@H]1Cc2c(c(CO)c3c(c2OC)C(=C2C[C@H](CO)C(=O)[C@@H](c4ccc5c(c4)=CCN=5)C2)C=C(C(=O)OCC)O3)O1. The lowest BCUT2D eigenvalue weighted by molar-refractivity contribution is -0.141. The Labute approximate surface area is 286 Å². The Balaban J connectivity index is 1.50. The Morgan fingerprint density at radius 2 is 1.92 bits per heavy atom. The number of hydrogen-bond acceptors (Lipinski definition) is 10. The van der Waals surface area contributed by atoms with Gasteiger partial charge in [-0.15, -0.1) is 0 Å². The average molecular weight is 674 g/mol. The molecule has 0 bridgehead atoms. The van der Waals surface area contributed by atoms with E-state index in [2.05, 4.69) is 11.9 Å². The normalized spacial score (nSPS) is 23.5. The quantitative estimate of drug-likeness (QED) is 0.225. The van der Waals surface area contributed by atoms with Crippen LogP contribution in [0.1, 0.15) is 93.9 Å². The zero-order chi connectivity index (χ0) is 34.9. The molecule has 1 aliphatic carbocycles. The predicted octanol–water partition coefficient (Wildman–Crippen LogP) is 3.97. The monoisotopic (exact) mass is 673 g/mol. The first-order chi connectivity index (χ1) is 23.6. The van der Waals surface area contributed by atoms with Crippen LogP contribution >= 0.6 is 0 Å². The van der Waals surface area contributed by atoms with Crippen LogP contribution in [0.4, 0.5) is 0 Å². The predicted molar refractivity (Wildman–Crippen MR) is 183 cm³/mol. The Bertz CT molecular complexity index is 1820. The molecule has 4 aliphatic rings. The molecule has 0 amide bonds. The van der Waals surface area contributed by atoms with E-state index in [1.54, 1.807) is 27.0 Å². The fraction of sp³-hybridized carbons (Fsp3) is 0.513. The third-order valence-electron chi connectivity index (χ3n) is 10.3. The number of aliphatic hydroxyl groups excluding tert-OH is 2. The van der Waals surface area contributed by atoms with E-state index in [9.17, 15) is 24.9 Å². The summed E-state index contributed by atoms with van der Waals surface area (Å²) in [5.41, 5.74) is 2.71. The van der Waals surface area contributed by atoms with Crippen LogP contribution in [0.25, 0.3) is 11.6 Å². The summed E-state index contributed by atoms with van der Waals surface area (Å²) in [6.45, 7) is 5.56. The Hall–Kier alpha value is -3.99. The van der Waals surface area contributed by atoms with E-state index in [0.29, 0.717) is 59.6 Å². The number of rotatable bonds is 12. The van der Waals surface area contributed by atoms with Crippen molar-refractivity contribution in [3.8, 4) is 17.2 Å². The van der Waals surface area contributed by atoms with Crippen LogP contribution in [-0.4, -0.2) is 65.6 Å². The maximum absolute atomic E-state index is 13.8. The Kier molecular flexibility index (Phi) is 10.3. The number of nitrogens with zero attached hydrogens (tertiary/aromatic N) is 1. The molecule has 262 valence electrons. The third kappa shape index (κ3) is 6.54. The molecule has 4 atom stereocenters. The zero-order valence-corrected chi connectivity index (χ0v) is 28.8. The minimum absolute atomic E-state index is 0.0435. The highest BCUT2D eigenvalue weighted by molar-refractivity contribution is 5.98. The van der Waals surface area contributed by atoms with Crippen molar-refractivity contribution in [1.29, 1.82) is 0 Å². The number of esters is 1. The summed E-state index contributed by atoms with van der Waals surface area (Å²) in [5, 5.41) is 34.7. The second-order valence-corrected chi connectivity index (χ2v) is 13.6. The second kappa shape index (κ2) is 14.5. The van der Waals surface area contributed by atoms with E-state index >= 15 is 0 Å². The van der Waals surface area contributed by atoms with Gasteiger partial charge in [-0.3, -0.25) is 9.79 Å². The van der Waals surface area contributed by atoms with Crippen LogP contribution in [0.3, 0.4) is 0 Å². The topological polar surface area (TPSA) is 144 Å². The van der Waals surface area contributed by atoms with E-state index in [-0.39, 0.29) is 36.9 Å². The summed E-state index contributed by atoms with van der Waals surface area (Å²) in [6, 6.07) is 5.85. The highest BCUT2D eigenvalue weighted by Crippen LogP contribution is 2.55. The fourth-order valence-electron chi connectivity index (χ4n) is 7.67. The van der Waals surface area contributed by atoms with Gasteiger partial charge in [-0.05, 0) is 67.7 Å². The molecule has 0 spiro atoms. The van der Waals surface area contributed by atoms with E-state index < -0.39 is 36.1 Å². The summed E-state index contributed by atoms with van der Waals surface area (Å²) in [6.07, 6.45) is 8.59. The number of carbonyl (C=O) groups excluding carboxylic acids is 2. The number of methoxy groups -OCH3 is 1. The van der Waals surface area contributed by atoms with Crippen molar-refractivity contribution in [2.24, 2.45) is 10.9 Å². The number of ether oxygens (including phenoxy) is 4. The summed E-state index contributed by atoms with van der Waals surface area (Å²) in [5.74, 6) is -0.965. The number of fused-ring (bicyclic) bond motifs is 3. The molecule has 6 rings (SSSR count). The van der Waals surface area contributed by atoms with Gasteiger partial charge in [0.25, 0.3) is 0 Å².